The summed E-state index contributed by atoms with van der Waals surface area (Å²) in [6, 6.07) is 23.6. The zero-order chi connectivity index (χ0) is 20.1. The molecule has 29 heavy (non-hydrogen) atoms. The van der Waals surface area contributed by atoms with Gasteiger partial charge >= 0.3 is 0 Å². The van der Waals surface area contributed by atoms with E-state index in [0.29, 0.717) is 19.0 Å². The lowest BCUT2D eigenvalue weighted by atomic mass is 9.98. The van der Waals surface area contributed by atoms with Crippen LogP contribution in [0.4, 0.5) is 0 Å². The van der Waals surface area contributed by atoms with Crippen LogP contribution in [0.25, 0.3) is 6.08 Å². The van der Waals surface area contributed by atoms with Gasteiger partial charge in [0.25, 0.3) is 0 Å². The molecular weight excluding hydrogens is 362 g/mol. The zero-order valence-corrected chi connectivity index (χ0v) is 16.3. The van der Waals surface area contributed by atoms with Gasteiger partial charge in [-0.15, -0.1) is 0 Å². The number of hydrogen-bond donors (Lipinski definition) is 1. The summed E-state index contributed by atoms with van der Waals surface area (Å²) in [5, 5.41) is 3.12. The van der Waals surface area contributed by atoms with Gasteiger partial charge in [0.05, 0.1) is 6.04 Å². The van der Waals surface area contributed by atoms with Crippen molar-refractivity contribution in [1.82, 2.24) is 5.32 Å². The molecule has 1 unspecified atom stereocenters. The second kappa shape index (κ2) is 8.65. The molecule has 0 fully saturated rings. The molecule has 0 radical (unpaired) electrons. The number of hydrogen-bond acceptors (Lipinski definition) is 3. The fourth-order valence-electron chi connectivity index (χ4n) is 3.29. The average molecular weight is 385 g/mol. The Morgan fingerprint density at radius 2 is 1.59 bits per heavy atom. The SMILES string of the molecule is Cc1ccc(C(NC(=O)/C=C/c2ccc3c(c2)OCCO3)c2ccccc2)cc1. The van der Waals surface area contributed by atoms with Gasteiger partial charge < -0.3 is 14.8 Å². The third-order valence-corrected chi connectivity index (χ3v) is 4.82. The lowest BCUT2D eigenvalue weighted by Crippen LogP contribution is -2.27. The molecule has 0 aromatic heterocycles. The molecule has 1 aliphatic rings. The van der Waals surface area contributed by atoms with Crippen LogP contribution in [0.1, 0.15) is 28.3 Å². The Bertz CT molecular complexity index is 1010. The first-order valence-corrected chi connectivity index (χ1v) is 9.69. The molecule has 4 nitrogen and oxygen atoms in total. The molecule has 3 aromatic carbocycles. The largest absolute Gasteiger partial charge is 0.486 e. The maximum atomic E-state index is 12.7. The van der Waals surface area contributed by atoms with E-state index in [0.717, 1.165) is 22.4 Å². The van der Waals surface area contributed by atoms with Crippen molar-refractivity contribution in [3.63, 3.8) is 0 Å². The van der Waals surface area contributed by atoms with Crippen LogP contribution < -0.4 is 14.8 Å². The summed E-state index contributed by atoms with van der Waals surface area (Å²) in [5.74, 6) is 1.29. The minimum Gasteiger partial charge on any atom is -0.486 e. The highest BCUT2D eigenvalue weighted by Gasteiger charge is 2.16. The van der Waals surface area contributed by atoms with Crippen molar-refractivity contribution in [2.24, 2.45) is 0 Å². The predicted octanol–water partition coefficient (Wildman–Crippen LogP) is 4.69. The number of benzene rings is 3. The molecule has 0 saturated carbocycles. The molecule has 146 valence electrons. The Morgan fingerprint density at radius 1 is 0.897 bits per heavy atom. The van der Waals surface area contributed by atoms with Gasteiger partial charge in [0, 0.05) is 6.08 Å². The van der Waals surface area contributed by atoms with Gasteiger partial charge in [-0.3, -0.25) is 4.79 Å². The first-order chi connectivity index (χ1) is 14.2. The van der Waals surface area contributed by atoms with E-state index in [1.165, 1.54) is 5.56 Å². The average Bonchev–Trinajstić information content (AvgIpc) is 2.77. The van der Waals surface area contributed by atoms with Crippen molar-refractivity contribution >= 4 is 12.0 Å². The van der Waals surface area contributed by atoms with Gasteiger partial charge in [-0.05, 0) is 41.8 Å². The molecule has 0 saturated heterocycles. The number of carbonyl (C=O) groups is 1. The number of carbonyl (C=O) groups excluding carboxylic acids is 1. The number of ether oxygens (including phenoxy) is 2. The van der Waals surface area contributed by atoms with E-state index >= 15 is 0 Å². The van der Waals surface area contributed by atoms with Crippen LogP contribution in [0.15, 0.2) is 78.9 Å². The molecule has 0 spiro atoms. The summed E-state index contributed by atoms with van der Waals surface area (Å²) in [6.07, 6.45) is 3.33. The summed E-state index contributed by atoms with van der Waals surface area (Å²) in [5.41, 5.74) is 4.15. The van der Waals surface area contributed by atoms with Crippen molar-refractivity contribution < 1.29 is 14.3 Å². The highest BCUT2D eigenvalue weighted by atomic mass is 16.6. The fourth-order valence-corrected chi connectivity index (χ4v) is 3.29. The summed E-state index contributed by atoms with van der Waals surface area (Å²) in [6.45, 7) is 3.15. The molecule has 1 aliphatic heterocycles. The number of aryl methyl sites for hydroxylation is 1. The maximum absolute atomic E-state index is 12.7. The molecule has 3 aromatic rings. The molecular formula is C25H23NO3. The first-order valence-electron chi connectivity index (χ1n) is 9.69. The van der Waals surface area contributed by atoms with Crippen LogP contribution in [0.5, 0.6) is 11.5 Å². The summed E-state index contributed by atoms with van der Waals surface area (Å²) in [7, 11) is 0. The van der Waals surface area contributed by atoms with Gasteiger partial charge in [-0.1, -0.05) is 66.2 Å². The number of rotatable bonds is 5. The maximum Gasteiger partial charge on any atom is 0.244 e. The Hall–Kier alpha value is -3.53. The van der Waals surface area contributed by atoms with Crippen molar-refractivity contribution in [3.05, 3.63) is 101 Å². The highest BCUT2D eigenvalue weighted by molar-refractivity contribution is 5.92. The summed E-state index contributed by atoms with van der Waals surface area (Å²) in [4.78, 5) is 12.7. The van der Waals surface area contributed by atoms with E-state index in [-0.39, 0.29) is 11.9 Å². The summed E-state index contributed by atoms with van der Waals surface area (Å²) >= 11 is 0. The topological polar surface area (TPSA) is 47.6 Å². The third kappa shape index (κ3) is 4.66. The minimum atomic E-state index is -0.214. The molecule has 4 heteroatoms. The van der Waals surface area contributed by atoms with Gasteiger partial charge in [0.15, 0.2) is 11.5 Å². The molecule has 1 heterocycles. The molecule has 1 atom stereocenters. The Morgan fingerprint density at radius 3 is 2.34 bits per heavy atom. The van der Waals surface area contributed by atoms with Gasteiger partial charge in [-0.25, -0.2) is 0 Å². The molecule has 0 aliphatic carbocycles. The minimum absolute atomic E-state index is 0.158. The molecule has 1 amide bonds. The van der Waals surface area contributed by atoms with Crippen LogP contribution in [0.3, 0.4) is 0 Å². The Labute approximate surface area is 170 Å². The van der Waals surface area contributed by atoms with Crippen molar-refractivity contribution in [1.29, 1.82) is 0 Å². The van der Waals surface area contributed by atoms with Gasteiger partial charge in [0.2, 0.25) is 5.91 Å². The normalized spacial score (nSPS) is 13.8. The van der Waals surface area contributed by atoms with E-state index < -0.39 is 0 Å². The number of amides is 1. The first kappa shape index (κ1) is 18.8. The van der Waals surface area contributed by atoms with Crippen molar-refractivity contribution in [2.45, 2.75) is 13.0 Å². The van der Waals surface area contributed by atoms with E-state index in [1.807, 2.05) is 48.5 Å². The predicted molar refractivity (Wildman–Crippen MR) is 114 cm³/mol. The van der Waals surface area contributed by atoms with E-state index in [1.54, 1.807) is 12.2 Å². The Balaban J connectivity index is 1.52. The summed E-state index contributed by atoms with van der Waals surface area (Å²) < 4.78 is 11.1. The van der Waals surface area contributed by atoms with Crippen LogP contribution in [-0.2, 0) is 4.79 Å². The zero-order valence-electron chi connectivity index (χ0n) is 16.3. The molecule has 0 bridgehead atoms. The van der Waals surface area contributed by atoms with Crippen molar-refractivity contribution in [3.8, 4) is 11.5 Å². The Kier molecular flexibility index (Phi) is 5.61. The van der Waals surface area contributed by atoms with Crippen LogP contribution in [0.2, 0.25) is 0 Å². The van der Waals surface area contributed by atoms with Gasteiger partial charge in [0.1, 0.15) is 13.2 Å². The second-order valence-electron chi connectivity index (χ2n) is 7.00. The van der Waals surface area contributed by atoms with E-state index in [4.69, 9.17) is 9.47 Å². The van der Waals surface area contributed by atoms with E-state index in [2.05, 4.69) is 36.5 Å². The highest BCUT2D eigenvalue weighted by Crippen LogP contribution is 2.31. The molecule has 1 N–H and O–H groups in total. The fraction of sp³-hybridized carbons (Fsp3) is 0.160. The lowest BCUT2D eigenvalue weighted by molar-refractivity contribution is -0.116. The smallest absolute Gasteiger partial charge is 0.244 e. The monoisotopic (exact) mass is 385 g/mol. The number of nitrogens with one attached hydrogen (secondary N) is 1. The van der Waals surface area contributed by atoms with Crippen LogP contribution >= 0.6 is 0 Å². The van der Waals surface area contributed by atoms with Gasteiger partial charge in [-0.2, -0.15) is 0 Å². The quantitative estimate of drug-likeness (QED) is 0.649. The third-order valence-electron chi connectivity index (χ3n) is 4.82. The molecule has 4 rings (SSSR count). The second-order valence-corrected chi connectivity index (χ2v) is 7.00. The lowest BCUT2D eigenvalue weighted by Gasteiger charge is -2.19. The van der Waals surface area contributed by atoms with Crippen LogP contribution in [-0.4, -0.2) is 19.1 Å². The van der Waals surface area contributed by atoms with Crippen molar-refractivity contribution in [2.75, 3.05) is 13.2 Å². The number of fused-ring (bicyclic) bond motifs is 1. The standard InChI is InChI=1S/C25H23NO3/c1-18-7-11-21(12-8-18)25(20-5-3-2-4-6-20)26-24(27)14-10-19-9-13-22-23(17-19)29-16-15-28-22/h2-14,17,25H,15-16H2,1H3,(H,26,27)/b14-10+. The van der Waals surface area contributed by atoms with E-state index in [9.17, 15) is 4.79 Å². The van der Waals surface area contributed by atoms with Crippen LogP contribution in [0, 0.1) is 6.92 Å².